The number of carbonyl (C=O) groups excluding carboxylic acids is 1. The van der Waals surface area contributed by atoms with Gasteiger partial charge in [0.1, 0.15) is 0 Å². The highest BCUT2D eigenvalue weighted by atomic mass is 16.2. The Hall–Kier alpha value is -1.71. The second-order valence-electron chi connectivity index (χ2n) is 5.93. The van der Waals surface area contributed by atoms with Gasteiger partial charge in [-0.1, -0.05) is 12.1 Å². The van der Waals surface area contributed by atoms with Gasteiger partial charge in [0.2, 0.25) is 0 Å². The van der Waals surface area contributed by atoms with Gasteiger partial charge in [0.05, 0.1) is 0 Å². The van der Waals surface area contributed by atoms with E-state index in [-0.39, 0.29) is 6.03 Å². The largest absolute Gasteiger partial charge is 0.399 e. The zero-order valence-corrected chi connectivity index (χ0v) is 11.9. The monoisotopic (exact) mass is 273 g/mol. The molecule has 20 heavy (non-hydrogen) atoms. The summed E-state index contributed by atoms with van der Waals surface area (Å²) in [5.41, 5.74) is 7.65. The standard InChI is InChI=1S/C16H23N3O/c17-14-6-4-13(5-7-14)12-19(15-8-9-15)16(20)18-10-2-1-3-11-18/h4-7,15H,1-3,8-12,17H2. The number of rotatable bonds is 3. The molecule has 0 unspecified atom stereocenters. The number of anilines is 1. The summed E-state index contributed by atoms with van der Waals surface area (Å²) in [6.07, 6.45) is 5.84. The van der Waals surface area contributed by atoms with Crippen molar-refractivity contribution in [3.63, 3.8) is 0 Å². The maximum atomic E-state index is 12.7. The summed E-state index contributed by atoms with van der Waals surface area (Å²) in [5, 5.41) is 0. The topological polar surface area (TPSA) is 49.6 Å². The molecule has 3 rings (SSSR count). The van der Waals surface area contributed by atoms with Crippen molar-refractivity contribution < 1.29 is 4.79 Å². The number of carbonyl (C=O) groups is 1. The number of amides is 2. The molecule has 1 aromatic rings. The van der Waals surface area contributed by atoms with E-state index in [1.807, 2.05) is 29.2 Å². The molecule has 2 aliphatic rings. The maximum Gasteiger partial charge on any atom is 0.320 e. The molecule has 2 fully saturated rings. The van der Waals surface area contributed by atoms with Crippen molar-refractivity contribution in [2.24, 2.45) is 0 Å². The first-order chi connectivity index (χ1) is 9.74. The normalized spacial score (nSPS) is 18.9. The summed E-state index contributed by atoms with van der Waals surface area (Å²) in [6.45, 7) is 2.55. The third kappa shape index (κ3) is 3.06. The molecule has 0 radical (unpaired) electrons. The van der Waals surface area contributed by atoms with Crippen LogP contribution in [0.5, 0.6) is 0 Å². The van der Waals surface area contributed by atoms with E-state index in [1.165, 1.54) is 6.42 Å². The summed E-state index contributed by atoms with van der Waals surface area (Å²) in [4.78, 5) is 16.8. The average molecular weight is 273 g/mol. The van der Waals surface area contributed by atoms with Crippen LogP contribution in [0.2, 0.25) is 0 Å². The van der Waals surface area contributed by atoms with Crippen LogP contribution < -0.4 is 5.73 Å². The van der Waals surface area contributed by atoms with E-state index < -0.39 is 0 Å². The Kier molecular flexibility index (Phi) is 3.81. The first-order valence-corrected chi connectivity index (χ1v) is 7.64. The summed E-state index contributed by atoms with van der Waals surface area (Å²) >= 11 is 0. The number of nitrogens with zero attached hydrogens (tertiary/aromatic N) is 2. The average Bonchev–Trinajstić information content (AvgIpc) is 3.31. The minimum Gasteiger partial charge on any atom is -0.399 e. The van der Waals surface area contributed by atoms with Crippen LogP contribution in [-0.2, 0) is 6.54 Å². The minimum absolute atomic E-state index is 0.226. The third-order valence-corrected chi connectivity index (χ3v) is 4.19. The van der Waals surface area contributed by atoms with Gasteiger partial charge in [-0.3, -0.25) is 0 Å². The van der Waals surface area contributed by atoms with Crippen LogP contribution in [-0.4, -0.2) is 35.0 Å². The molecule has 0 aromatic heterocycles. The van der Waals surface area contributed by atoms with Crippen LogP contribution in [0.15, 0.2) is 24.3 Å². The summed E-state index contributed by atoms with van der Waals surface area (Å²) < 4.78 is 0. The van der Waals surface area contributed by atoms with Crippen LogP contribution in [0.4, 0.5) is 10.5 Å². The van der Waals surface area contributed by atoms with E-state index in [2.05, 4.69) is 4.90 Å². The van der Waals surface area contributed by atoms with Gasteiger partial charge in [-0.15, -0.1) is 0 Å². The van der Waals surface area contributed by atoms with Crippen LogP contribution in [0.3, 0.4) is 0 Å². The predicted molar refractivity (Wildman–Crippen MR) is 80.2 cm³/mol. The summed E-state index contributed by atoms with van der Waals surface area (Å²) in [6, 6.07) is 8.53. The van der Waals surface area contributed by atoms with Crippen molar-refractivity contribution in [2.45, 2.75) is 44.7 Å². The van der Waals surface area contributed by atoms with Gasteiger partial charge in [0.15, 0.2) is 0 Å². The molecule has 1 aliphatic carbocycles. The molecule has 2 amide bonds. The molecule has 4 heteroatoms. The zero-order chi connectivity index (χ0) is 13.9. The SMILES string of the molecule is Nc1ccc(CN(C(=O)N2CCCCC2)C2CC2)cc1. The molecule has 1 aromatic carbocycles. The second kappa shape index (κ2) is 5.73. The number of piperidine rings is 1. The van der Waals surface area contributed by atoms with Gasteiger partial charge in [-0.05, 0) is 49.8 Å². The number of hydrogen-bond acceptors (Lipinski definition) is 2. The van der Waals surface area contributed by atoms with Crippen molar-refractivity contribution >= 4 is 11.7 Å². The summed E-state index contributed by atoms with van der Waals surface area (Å²) in [5.74, 6) is 0. The van der Waals surface area contributed by atoms with Gasteiger partial charge >= 0.3 is 6.03 Å². The molecule has 4 nitrogen and oxygen atoms in total. The fourth-order valence-electron chi connectivity index (χ4n) is 2.83. The van der Waals surface area contributed by atoms with Crippen LogP contribution in [0, 0.1) is 0 Å². The molecule has 1 aliphatic heterocycles. The molecule has 0 atom stereocenters. The highest BCUT2D eigenvalue weighted by Gasteiger charge is 2.35. The van der Waals surface area contributed by atoms with Crippen molar-refractivity contribution in [1.29, 1.82) is 0 Å². The smallest absolute Gasteiger partial charge is 0.320 e. The van der Waals surface area contributed by atoms with E-state index in [9.17, 15) is 4.79 Å². The maximum absolute atomic E-state index is 12.7. The number of likely N-dealkylation sites (tertiary alicyclic amines) is 1. The molecule has 108 valence electrons. The Labute approximate surface area is 120 Å². The fourth-order valence-corrected chi connectivity index (χ4v) is 2.83. The first kappa shape index (κ1) is 13.3. The lowest BCUT2D eigenvalue weighted by molar-refractivity contribution is 0.138. The minimum atomic E-state index is 0.226. The van der Waals surface area contributed by atoms with Gasteiger partial charge in [0.25, 0.3) is 0 Å². The molecule has 1 heterocycles. The first-order valence-electron chi connectivity index (χ1n) is 7.64. The second-order valence-corrected chi connectivity index (χ2v) is 5.93. The highest BCUT2D eigenvalue weighted by molar-refractivity contribution is 5.75. The number of nitrogen functional groups attached to an aromatic ring is 1. The van der Waals surface area contributed by atoms with E-state index >= 15 is 0 Å². The van der Waals surface area contributed by atoms with Crippen LogP contribution in [0.25, 0.3) is 0 Å². The molecule has 1 saturated heterocycles. The molecule has 0 spiro atoms. The lowest BCUT2D eigenvalue weighted by Gasteiger charge is -2.33. The Morgan fingerprint density at radius 3 is 2.40 bits per heavy atom. The number of benzene rings is 1. The van der Waals surface area contributed by atoms with Gasteiger partial charge in [-0.25, -0.2) is 4.79 Å². The van der Waals surface area contributed by atoms with Crippen molar-refractivity contribution in [3.8, 4) is 0 Å². The number of nitrogens with two attached hydrogens (primary N) is 1. The Bertz CT molecular complexity index is 461. The molecule has 1 saturated carbocycles. The van der Waals surface area contributed by atoms with E-state index in [0.717, 1.165) is 50.0 Å². The zero-order valence-electron chi connectivity index (χ0n) is 11.9. The quantitative estimate of drug-likeness (QED) is 0.861. The lowest BCUT2D eigenvalue weighted by Crippen LogP contribution is -2.46. The summed E-state index contributed by atoms with van der Waals surface area (Å²) in [7, 11) is 0. The predicted octanol–water partition coefficient (Wildman–Crippen LogP) is 2.84. The van der Waals surface area contributed by atoms with Crippen molar-refractivity contribution in [2.75, 3.05) is 18.8 Å². The van der Waals surface area contributed by atoms with Crippen LogP contribution >= 0.6 is 0 Å². The third-order valence-electron chi connectivity index (χ3n) is 4.19. The molecular formula is C16H23N3O. The molecule has 2 N–H and O–H groups in total. The molecular weight excluding hydrogens is 250 g/mol. The van der Waals surface area contributed by atoms with Crippen molar-refractivity contribution in [1.82, 2.24) is 9.80 Å². The lowest BCUT2D eigenvalue weighted by atomic mass is 10.1. The highest BCUT2D eigenvalue weighted by Crippen LogP contribution is 2.30. The van der Waals surface area contributed by atoms with Gasteiger partial charge in [-0.2, -0.15) is 0 Å². The van der Waals surface area contributed by atoms with Crippen LogP contribution in [0.1, 0.15) is 37.7 Å². The van der Waals surface area contributed by atoms with E-state index in [0.29, 0.717) is 12.6 Å². The van der Waals surface area contributed by atoms with Gasteiger partial charge in [0, 0.05) is 31.4 Å². The number of urea groups is 1. The van der Waals surface area contributed by atoms with Crippen molar-refractivity contribution in [3.05, 3.63) is 29.8 Å². The van der Waals surface area contributed by atoms with Gasteiger partial charge < -0.3 is 15.5 Å². The Morgan fingerprint density at radius 2 is 1.80 bits per heavy atom. The Morgan fingerprint density at radius 1 is 1.15 bits per heavy atom. The van der Waals surface area contributed by atoms with E-state index in [1.54, 1.807) is 0 Å². The fraction of sp³-hybridized carbons (Fsp3) is 0.562. The molecule has 0 bridgehead atoms. The van der Waals surface area contributed by atoms with E-state index in [4.69, 9.17) is 5.73 Å². The number of hydrogen-bond donors (Lipinski definition) is 1. The Balaban J connectivity index is 1.68.